The quantitative estimate of drug-likeness (QED) is 0.787. The molecular formula is C11H9BrFNO3. The summed E-state index contributed by atoms with van der Waals surface area (Å²) in [6.45, 7) is 1.46. The second-order valence-electron chi connectivity index (χ2n) is 3.44. The molecule has 0 saturated heterocycles. The summed E-state index contributed by atoms with van der Waals surface area (Å²) in [6.07, 6.45) is -0.644. The Bertz CT molecular complexity index is 490. The van der Waals surface area contributed by atoms with Gasteiger partial charge in [0.25, 0.3) is 0 Å². The average Bonchev–Trinajstić information content (AvgIpc) is 2.69. The van der Waals surface area contributed by atoms with E-state index in [1.807, 2.05) is 0 Å². The number of ether oxygens (including phenoxy) is 2. The van der Waals surface area contributed by atoms with Crippen molar-refractivity contribution in [2.24, 2.45) is 4.99 Å². The van der Waals surface area contributed by atoms with Gasteiger partial charge in [-0.05, 0) is 34.1 Å². The first-order valence-corrected chi connectivity index (χ1v) is 5.69. The summed E-state index contributed by atoms with van der Waals surface area (Å²) in [7, 11) is 0. The summed E-state index contributed by atoms with van der Waals surface area (Å²) in [4.78, 5) is 14.8. The third-order valence-electron chi connectivity index (χ3n) is 2.09. The van der Waals surface area contributed by atoms with Gasteiger partial charge in [-0.3, -0.25) is 4.79 Å². The summed E-state index contributed by atoms with van der Waals surface area (Å²) in [5.74, 6) is -0.544. The summed E-state index contributed by atoms with van der Waals surface area (Å²) in [6, 6.07) is 4.54. The van der Waals surface area contributed by atoms with Gasteiger partial charge in [-0.1, -0.05) is 0 Å². The van der Waals surface area contributed by atoms with Crippen molar-refractivity contribution in [3.63, 3.8) is 0 Å². The van der Waals surface area contributed by atoms with E-state index < -0.39 is 18.0 Å². The molecule has 1 atom stereocenters. The van der Waals surface area contributed by atoms with Crippen LogP contribution in [-0.4, -0.2) is 24.7 Å². The lowest BCUT2D eigenvalue weighted by Gasteiger charge is -2.03. The molecule has 2 rings (SSSR count). The van der Waals surface area contributed by atoms with Crippen LogP contribution in [0.3, 0.4) is 0 Å². The van der Waals surface area contributed by atoms with Gasteiger partial charge in [-0.2, -0.15) is 0 Å². The molecule has 0 unspecified atom stereocenters. The van der Waals surface area contributed by atoms with Crippen molar-refractivity contribution in [2.75, 3.05) is 6.61 Å². The van der Waals surface area contributed by atoms with Gasteiger partial charge >= 0.3 is 5.97 Å². The maximum Gasteiger partial charge on any atom is 0.304 e. The van der Waals surface area contributed by atoms with Gasteiger partial charge in [0.05, 0.1) is 4.47 Å². The van der Waals surface area contributed by atoms with Crippen LogP contribution in [0.5, 0.6) is 0 Å². The third-order valence-corrected chi connectivity index (χ3v) is 2.74. The van der Waals surface area contributed by atoms with E-state index in [2.05, 4.69) is 20.9 Å². The van der Waals surface area contributed by atoms with Gasteiger partial charge in [0.1, 0.15) is 12.4 Å². The second-order valence-corrected chi connectivity index (χ2v) is 4.29. The fourth-order valence-corrected chi connectivity index (χ4v) is 1.64. The first kappa shape index (κ1) is 12.0. The van der Waals surface area contributed by atoms with E-state index in [0.29, 0.717) is 10.0 Å². The zero-order valence-corrected chi connectivity index (χ0v) is 10.5. The molecule has 1 aliphatic rings. The largest absolute Gasteiger partial charge is 0.471 e. The maximum absolute atomic E-state index is 13.3. The molecule has 90 valence electrons. The Morgan fingerprint density at radius 3 is 3.06 bits per heavy atom. The van der Waals surface area contributed by atoms with E-state index in [4.69, 9.17) is 9.47 Å². The Labute approximate surface area is 106 Å². The topological polar surface area (TPSA) is 47.9 Å². The molecule has 0 bridgehead atoms. The molecule has 1 aliphatic heterocycles. The van der Waals surface area contributed by atoms with Crippen LogP contribution in [0.4, 0.5) is 4.39 Å². The predicted octanol–water partition coefficient (Wildman–Crippen LogP) is 2.25. The lowest BCUT2D eigenvalue weighted by molar-refractivity contribution is -0.146. The van der Waals surface area contributed by atoms with E-state index in [1.54, 1.807) is 12.1 Å². The fourth-order valence-electron chi connectivity index (χ4n) is 1.39. The molecule has 6 heteroatoms. The van der Waals surface area contributed by atoms with Crippen LogP contribution in [-0.2, 0) is 14.3 Å². The highest BCUT2D eigenvalue weighted by molar-refractivity contribution is 9.10. The molecule has 1 aromatic rings. The van der Waals surface area contributed by atoms with Crippen molar-refractivity contribution in [3.05, 3.63) is 34.1 Å². The molecule has 4 nitrogen and oxygen atoms in total. The van der Waals surface area contributed by atoms with Crippen LogP contribution in [0, 0.1) is 5.82 Å². The van der Waals surface area contributed by atoms with Gasteiger partial charge in [0.2, 0.25) is 12.1 Å². The molecule has 17 heavy (non-hydrogen) atoms. The Morgan fingerprint density at radius 1 is 1.65 bits per heavy atom. The number of hydrogen-bond donors (Lipinski definition) is 0. The summed E-state index contributed by atoms with van der Waals surface area (Å²) >= 11 is 3.06. The van der Waals surface area contributed by atoms with Crippen LogP contribution >= 0.6 is 15.9 Å². The highest BCUT2D eigenvalue weighted by atomic mass is 79.9. The Hall–Kier alpha value is -1.43. The van der Waals surface area contributed by atoms with Crippen LogP contribution in [0.15, 0.2) is 27.7 Å². The van der Waals surface area contributed by atoms with Gasteiger partial charge in [-0.15, -0.1) is 0 Å². The van der Waals surface area contributed by atoms with Crippen molar-refractivity contribution in [1.29, 1.82) is 0 Å². The molecule has 0 N–H and O–H groups in total. The zero-order chi connectivity index (χ0) is 12.4. The Balaban J connectivity index is 2.18. The molecule has 0 aliphatic carbocycles. The molecule has 0 aromatic heterocycles. The smallest absolute Gasteiger partial charge is 0.304 e. The number of esters is 1. The molecular weight excluding hydrogens is 293 g/mol. The minimum Gasteiger partial charge on any atom is -0.471 e. The predicted molar refractivity (Wildman–Crippen MR) is 62.1 cm³/mol. The van der Waals surface area contributed by atoms with E-state index >= 15 is 0 Å². The van der Waals surface area contributed by atoms with E-state index in [0.717, 1.165) is 0 Å². The van der Waals surface area contributed by atoms with Crippen LogP contribution < -0.4 is 0 Å². The van der Waals surface area contributed by atoms with Crippen LogP contribution in [0.2, 0.25) is 0 Å². The molecule has 0 spiro atoms. The number of hydrogen-bond acceptors (Lipinski definition) is 4. The molecule has 1 heterocycles. The summed E-state index contributed by atoms with van der Waals surface area (Å²) in [5.41, 5.74) is 0.514. The third kappa shape index (κ3) is 2.82. The number of nitrogens with zero attached hydrogens (tertiary/aromatic N) is 1. The molecule has 0 saturated carbocycles. The lowest BCUT2D eigenvalue weighted by atomic mass is 10.2. The number of rotatable bonds is 2. The second kappa shape index (κ2) is 4.83. The Morgan fingerprint density at radius 2 is 2.41 bits per heavy atom. The lowest BCUT2D eigenvalue weighted by Crippen LogP contribution is -2.14. The van der Waals surface area contributed by atoms with Gasteiger partial charge in [-0.25, -0.2) is 9.38 Å². The van der Waals surface area contributed by atoms with Crippen molar-refractivity contribution in [1.82, 2.24) is 0 Å². The minimum absolute atomic E-state index is 0.159. The highest BCUT2D eigenvalue weighted by Gasteiger charge is 2.22. The number of carbonyl (C=O) groups excluding carboxylic acids is 1. The first-order valence-electron chi connectivity index (χ1n) is 4.89. The van der Waals surface area contributed by atoms with Crippen molar-refractivity contribution < 1.29 is 18.7 Å². The minimum atomic E-state index is -0.644. The van der Waals surface area contributed by atoms with Crippen LogP contribution in [0.25, 0.3) is 0 Å². The van der Waals surface area contributed by atoms with Gasteiger partial charge < -0.3 is 9.47 Å². The number of carbonyl (C=O) groups is 1. The maximum atomic E-state index is 13.3. The molecule has 0 amide bonds. The standard InChI is InChI=1S/C11H9BrFNO3/c1-6(15)17-10-5-16-11(14-10)7-2-3-8(12)9(13)4-7/h2-4,10H,5H2,1H3/t10-/m0/s1. The zero-order valence-electron chi connectivity index (χ0n) is 8.94. The molecule has 0 radical (unpaired) electrons. The number of benzene rings is 1. The molecule has 0 fully saturated rings. The summed E-state index contributed by atoms with van der Waals surface area (Å²) < 4.78 is 23.8. The van der Waals surface area contributed by atoms with Crippen molar-refractivity contribution in [2.45, 2.75) is 13.2 Å². The van der Waals surface area contributed by atoms with Crippen molar-refractivity contribution in [3.8, 4) is 0 Å². The van der Waals surface area contributed by atoms with E-state index in [9.17, 15) is 9.18 Å². The first-order chi connectivity index (χ1) is 8.06. The van der Waals surface area contributed by atoms with E-state index in [1.165, 1.54) is 13.0 Å². The van der Waals surface area contributed by atoms with Gasteiger partial charge in [0.15, 0.2) is 0 Å². The van der Waals surface area contributed by atoms with Crippen LogP contribution in [0.1, 0.15) is 12.5 Å². The number of aliphatic imine (C=N–C) groups is 1. The van der Waals surface area contributed by atoms with E-state index in [-0.39, 0.29) is 12.5 Å². The molecule has 1 aromatic carbocycles. The normalized spacial score (nSPS) is 18.5. The SMILES string of the molecule is CC(=O)O[C@H]1COC(c2ccc(Br)c(F)c2)=N1. The Kier molecular flexibility index (Phi) is 3.42. The van der Waals surface area contributed by atoms with Gasteiger partial charge in [0, 0.05) is 12.5 Å². The fraction of sp³-hybridized carbons (Fsp3) is 0.273. The average molecular weight is 302 g/mol. The highest BCUT2D eigenvalue weighted by Crippen LogP contribution is 2.19. The summed E-state index contributed by atoms with van der Waals surface area (Å²) in [5, 5.41) is 0. The van der Waals surface area contributed by atoms with Crippen molar-refractivity contribution >= 4 is 27.8 Å². The monoisotopic (exact) mass is 301 g/mol. The number of halogens is 2.